The van der Waals surface area contributed by atoms with Gasteiger partial charge in [-0.2, -0.15) is 0 Å². The van der Waals surface area contributed by atoms with Crippen LogP contribution in [0.5, 0.6) is 0 Å². The van der Waals surface area contributed by atoms with Crippen molar-refractivity contribution in [1.82, 2.24) is 15.3 Å². The summed E-state index contributed by atoms with van der Waals surface area (Å²) >= 11 is 5.77. The molecule has 0 saturated carbocycles. The second-order valence-electron chi connectivity index (χ2n) is 5.01. The Morgan fingerprint density at radius 1 is 1.17 bits per heavy atom. The van der Waals surface area contributed by atoms with Crippen molar-refractivity contribution in [1.29, 1.82) is 0 Å². The first-order valence-corrected chi connectivity index (χ1v) is 7.22. The zero-order valence-corrected chi connectivity index (χ0v) is 12.8. The predicted molar refractivity (Wildman–Crippen MR) is 84.1 cm³/mol. The number of fused-ring (bicyclic) bond motifs is 1. The van der Waals surface area contributed by atoms with E-state index in [2.05, 4.69) is 15.3 Å². The highest BCUT2D eigenvalue weighted by Crippen LogP contribution is 2.17. The molecule has 5 nitrogen and oxygen atoms in total. The Kier molecular flexibility index (Phi) is 4.26. The summed E-state index contributed by atoms with van der Waals surface area (Å²) in [4.78, 5) is 30.7. The van der Waals surface area contributed by atoms with Crippen LogP contribution in [0, 0.1) is 11.6 Å². The molecular formula is C16H10ClF2N3O2. The number of H-pyrrole nitrogens is 1. The first kappa shape index (κ1) is 16.1. The molecule has 1 aromatic carbocycles. The van der Waals surface area contributed by atoms with Gasteiger partial charge in [0.05, 0.1) is 18.3 Å². The van der Waals surface area contributed by atoms with Crippen LogP contribution in [-0.2, 0) is 0 Å². The lowest BCUT2D eigenvalue weighted by molar-refractivity contribution is 0.0901. The molecule has 2 N–H and O–H groups in total. The molecule has 2 heterocycles. The average Bonchev–Trinajstić information content (AvgIpc) is 2.98. The van der Waals surface area contributed by atoms with E-state index in [1.807, 2.05) is 0 Å². The summed E-state index contributed by atoms with van der Waals surface area (Å²) in [5, 5.41) is 3.41. The molecule has 0 atom stereocenters. The van der Waals surface area contributed by atoms with E-state index in [0.717, 1.165) is 18.2 Å². The molecular weight excluding hydrogens is 340 g/mol. The van der Waals surface area contributed by atoms with Crippen molar-refractivity contribution in [2.75, 3.05) is 6.54 Å². The van der Waals surface area contributed by atoms with Gasteiger partial charge in [0.15, 0.2) is 17.4 Å². The van der Waals surface area contributed by atoms with Crippen molar-refractivity contribution in [3.8, 4) is 0 Å². The van der Waals surface area contributed by atoms with Crippen LogP contribution >= 0.6 is 11.6 Å². The van der Waals surface area contributed by atoms with Gasteiger partial charge < -0.3 is 10.3 Å². The van der Waals surface area contributed by atoms with Crippen molar-refractivity contribution in [3.05, 3.63) is 64.6 Å². The number of amides is 1. The summed E-state index contributed by atoms with van der Waals surface area (Å²) in [5.41, 5.74) is 0.825. The van der Waals surface area contributed by atoms with Gasteiger partial charge in [-0.25, -0.2) is 13.8 Å². The highest BCUT2D eigenvalue weighted by atomic mass is 35.5. The van der Waals surface area contributed by atoms with Gasteiger partial charge in [0.2, 0.25) is 0 Å². The van der Waals surface area contributed by atoms with E-state index < -0.39 is 23.3 Å². The fourth-order valence-electron chi connectivity index (χ4n) is 2.15. The number of hydrogen-bond donors (Lipinski definition) is 2. The van der Waals surface area contributed by atoms with E-state index in [9.17, 15) is 18.4 Å². The molecule has 3 rings (SSSR count). The summed E-state index contributed by atoms with van der Waals surface area (Å²) in [6.07, 6.45) is 1.49. The minimum absolute atomic E-state index is 0.0261. The van der Waals surface area contributed by atoms with E-state index in [1.165, 1.54) is 6.20 Å². The molecule has 8 heteroatoms. The quantitative estimate of drug-likeness (QED) is 0.561. The number of carbonyl (C=O) groups is 2. The topological polar surface area (TPSA) is 74.8 Å². The minimum Gasteiger partial charge on any atom is -0.349 e. The lowest BCUT2D eigenvalue weighted by atomic mass is 10.1. The van der Waals surface area contributed by atoms with Gasteiger partial charge >= 0.3 is 0 Å². The molecule has 24 heavy (non-hydrogen) atoms. The zero-order chi connectivity index (χ0) is 17.3. The number of nitrogens with one attached hydrogen (secondary N) is 2. The van der Waals surface area contributed by atoms with Crippen LogP contribution in [-0.4, -0.2) is 28.2 Å². The monoisotopic (exact) mass is 349 g/mol. The van der Waals surface area contributed by atoms with Crippen molar-refractivity contribution < 1.29 is 18.4 Å². The third-order valence-corrected chi connectivity index (χ3v) is 3.57. The predicted octanol–water partition coefficient (Wildman–Crippen LogP) is 3.11. The van der Waals surface area contributed by atoms with Crippen molar-refractivity contribution in [2.24, 2.45) is 0 Å². The lowest BCUT2D eigenvalue weighted by Gasteiger charge is -2.04. The molecule has 0 spiro atoms. The highest BCUT2D eigenvalue weighted by Gasteiger charge is 2.14. The second kappa shape index (κ2) is 6.37. The number of hydrogen-bond acceptors (Lipinski definition) is 3. The summed E-state index contributed by atoms with van der Waals surface area (Å²) in [7, 11) is 0. The van der Waals surface area contributed by atoms with E-state index in [4.69, 9.17) is 11.6 Å². The Labute approximate surface area is 139 Å². The van der Waals surface area contributed by atoms with E-state index in [0.29, 0.717) is 16.1 Å². The van der Waals surface area contributed by atoms with Crippen LogP contribution in [0.25, 0.3) is 10.9 Å². The fraction of sp³-hybridized carbons (Fsp3) is 0.0625. The average molecular weight is 350 g/mol. The highest BCUT2D eigenvalue weighted by molar-refractivity contribution is 6.30. The molecule has 0 saturated heterocycles. The molecule has 0 unspecified atom stereocenters. The number of ketones is 1. The van der Waals surface area contributed by atoms with Crippen LogP contribution in [0.4, 0.5) is 8.78 Å². The summed E-state index contributed by atoms with van der Waals surface area (Å²) in [6.45, 7) is -0.349. The molecule has 0 radical (unpaired) electrons. The van der Waals surface area contributed by atoms with Crippen LogP contribution in [0.2, 0.25) is 5.15 Å². The summed E-state index contributed by atoms with van der Waals surface area (Å²) < 4.78 is 26.0. The molecule has 2 aromatic heterocycles. The first-order valence-electron chi connectivity index (χ1n) is 6.85. The van der Waals surface area contributed by atoms with Crippen LogP contribution < -0.4 is 5.32 Å². The van der Waals surface area contributed by atoms with Crippen LogP contribution in [0.1, 0.15) is 20.8 Å². The molecule has 0 bridgehead atoms. The molecule has 1 amide bonds. The number of Topliss-reactive ketones (excluding diaryl/α,β-unsaturated/α-hetero) is 1. The number of carbonyl (C=O) groups excluding carboxylic acids is 2. The molecule has 0 fully saturated rings. The second-order valence-corrected chi connectivity index (χ2v) is 5.40. The number of benzene rings is 1. The van der Waals surface area contributed by atoms with Gasteiger partial charge in [0.1, 0.15) is 10.8 Å². The summed E-state index contributed by atoms with van der Waals surface area (Å²) in [6, 6.07) is 5.97. The van der Waals surface area contributed by atoms with Gasteiger partial charge in [-0.1, -0.05) is 11.6 Å². The zero-order valence-electron chi connectivity index (χ0n) is 12.1. The van der Waals surface area contributed by atoms with E-state index in [-0.39, 0.29) is 17.8 Å². The van der Waals surface area contributed by atoms with Gasteiger partial charge in [0, 0.05) is 10.9 Å². The molecule has 0 aliphatic rings. The van der Waals surface area contributed by atoms with Crippen LogP contribution in [0.3, 0.4) is 0 Å². The number of aromatic nitrogens is 2. The largest absolute Gasteiger partial charge is 0.349 e. The van der Waals surface area contributed by atoms with Gasteiger partial charge in [-0.15, -0.1) is 0 Å². The van der Waals surface area contributed by atoms with E-state index in [1.54, 1.807) is 12.1 Å². The third-order valence-electron chi connectivity index (χ3n) is 3.37. The molecule has 0 aliphatic carbocycles. The third kappa shape index (κ3) is 3.26. The molecule has 3 aromatic rings. The maximum Gasteiger partial charge on any atom is 0.268 e. The Morgan fingerprint density at radius 3 is 2.71 bits per heavy atom. The minimum atomic E-state index is -1.12. The van der Waals surface area contributed by atoms with Gasteiger partial charge in [-0.05, 0) is 30.3 Å². The Hall–Kier alpha value is -2.80. The Balaban J connectivity index is 1.69. The number of halogens is 3. The van der Waals surface area contributed by atoms with Crippen LogP contribution in [0.15, 0.2) is 36.5 Å². The fourth-order valence-corrected chi connectivity index (χ4v) is 2.32. The maximum absolute atomic E-state index is 13.1. The number of pyridine rings is 1. The van der Waals surface area contributed by atoms with Crippen molar-refractivity contribution in [2.45, 2.75) is 0 Å². The normalized spacial score (nSPS) is 10.8. The first-order chi connectivity index (χ1) is 11.4. The van der Waals surface area contributed by atoms with Crippen molar-refractivity contribution >= 4 is 34.2 Å². The molecule has 122 valence electrons. The van der Waals surface area contributed by atoms with Gasteiger partial charge in [0.25, 0.3) is 5.91 Å². The molecule has 0 aliphatic heterocycles. The maximum atomic E-state index is 13.1. The number of nitrogens with zero attached hydrogens (tertiary/aromatic N) is 1. The lowest BCUT2D eigenvalue weighted by Crippen LogP contribution is -2.29. The SMILES string of the molecule is O=C(CNC(=O)c1cc2cc(Cl)ncc2[nH]1)c1ccc(F)c(F)c1. The number of rotatable bonds is 4. The van der Waals surface area contributed by atoms with E-state index >= 15 is 0 Å². The van der Waals surface area contributed by atoms with Crippen molar-refractivity contribution in [3.63, 3.8) is 0 Å². The Morgan fingerprint density at radius 2 is 1.96 bits per heavy atom. The summed E-state index contributed by atoms with van der Waals surface area (Å²) in [5.74, 6) is -3.21. The van der Waals surface area contributed by atoms with Gasteiger partial charge in [-0.3, -0.25) is 9.59 Å². The standard InChI is InChI=1S/C16H10ClF2N3O2/c17-15-5-9-4-12(22-13(9)6-20-15)16(24)21-7-14(23)8-1-2-10(18)11(19)3-8/h1-6,22H,7H2,(H,21,24). The Bertz CT molecular complexity index is 956. The smallest absolute Gasteiger partial charge is 0.268 e. The number of aromatic amines is 1.